The van der Waals surface area contributed by atoms with Gasteiger partial charge >= 0.3 is 0 Å². The molecule has 0 saturated carbocycles. The van der Waals surface area contributed by atoms with Crippen LogP contribution in [-0.2, 0) is 6.61 Å². The molecule has 0 aromatic heterocycles. The number of hydrogen-bond acceptors (Lipinski definition) is 4. The van der Waals surface area contributed by atoms with Gasteiger partial charge in [0.1, 0.15) is 23.9 Å². The number of hydrogen-bond donors (Lipinski definition) is 2. The SMILES string of the molecule is Nc1cc(NC(=O)c2cccc(Br)c2)ccc1Oc1ccc(OCc2ccccc2)cc1. The summed E-state index contributed by atoms with van der Waals surface area (Å²) < 4.78 is 12.5. The first-order valence-electron chi connectivity index (χ1n) is 9.98. The Balaban J connectivity index is 1.36. The maximum absolute atomic E-state index is 12.4. The molecule has 0 unspecified atom stereocenters. The van der Waals surface area contributed by atoms with Gasteiger partial charge in [-0.2, -0.15) is 0 Å². The average molecular weight is 489 g/mol. The summed E-state index contributed by atoms with van der Waals surface area (Å²) in [6, 6.07) is 29.6. The summed E-state index contributed by atoms with van der Waals surface area (Å²) in [5.41, 5.74) is 8.80. The number of nitrogens with two attached hydrogens (primary N) is 1. The van der Waals surface area contributed by atoms with Crippen LogP contribution in [0.1, 0.15) is 15.9 Å². The molecule has 0 aliphatic rings. The molecule has 0 spiro atoms. The summed E-state index contributed by atoms with van der Waals surface area (Å²) in [6.45, 7) is 0.501. The quantitative estimate of drug-likeness (QED) is 0.285. The van der Waals surface area contributed by atoms with Gasteiger partial charge in [-0.1, -0.05) is 52.3 Å². The van der Waals surface area contributed by atoms with E-state index >= 15 is 0 Å². The lowest BCUT2D eigenvalue weighted by Crippen LogP contribution is -2.12. The number of nitrogens with one attached hydrogen (secondary N) is 1. The average Bonchev–Trinajstić information content (AvgIpc) is 2.81. The van der Waals surface area contributed by atoms with Crippen LogP contribution in [0.3, 0.4) is 0 Å². The van der Waals surface area contributed by atoms with Crippen molar-refractivity contribution < 1.29 is 14.3 Å². The number of rotatable bonds is 7. The van der Waals surface area contributed by atoms with E-state index in [1.165, 1.54) is 0 Å². The summed E-state index contributed by atoms with van der Waals surface area (Å²) in [4.78, 5) is 12.4. The molecule has 0 heterocycles. The number of anilines is 2. The Labute approximate surface area is 194 Å². The molecule has 0 atom stereocenters. The van der Waals surface area contributed by atoms with Gasteiger partial charge in [0.25, 0.3) is 5.91 Å². The van der Waals surface area contributed by atoms with Gasteiger partial charge in [-0.05, 0) is 66.2 Å². The Bertz CT molecular complexity index is 1210. The second-order valence-electron chi connectivity index (χ2n) is 7.06. The number of carbonyl (C=O) groups excluding carboxylic acids is 1. The van der Waals surface area contributed by atoms with E-state index < -0.39 is 0 Å². The van der Waals surface area contributed by atoms with E-state index in [1.807, 2.05) is 66.7 Å². The van der Waals surface area contributed by atoms with Crippen LogP contribution in [0.25, 0.3) is 0 Å². The third-order valence-corrected chi connectivity index (χ3v) is 5.15. The van der Waals surface area contributed by atoms with Crippen LogP contribution in [-0.4, -0.2) is 5.91 Å². The van der Waals surface area contributed by atoms with Crippen molar-refractivity contribution in [3.8, 4) is 17.2 Å². The normalized spacial score (nSPS) is 10.4. The summed E-state index contributed by atoms with van der Waals surface area (Å²) in [7, 11) is 0. The second-order valence-corrected chi connectivity index (χ2v) is 7.98. The second kappa shape index (κ2) is 10.0. The van der Waals surface area contributed by atoms with Crippen molar-refractivity contribution in [1.82, 2.24) is 0 Å². The zero-order valence-corrected chi connectivity index (χ0v) is 18.7. The maximum Gasteiger partial charge on any atom is 0.255 e. The monoisotopic (exact) mass is 488 g/mol. The van der Waals surface area contributed by atoms with Gasteiger partial charge < -0.3 is 20.5 Å². The third kappa shape index (κ3) is 5.68. The molecule has 0 saturated heterocycles. The molecule has 4 aromatic rings. The van der Waals surface area contributed by atoms with Gasteiger partial charge in [-0.3, -0.25) is 4.79 Å². The molecule has 0 radical (unpaired) electrons. The molecule has 0 fully saturated rings. The number of benzene rings is 4. The van der Waals surface area contributed by atoms with Crippen LogP contribution in [0.5, 0.6) is 17.2 Å². The molecular formula is C26H21BrN2O3. The molecule has 4 aromatic carbocycles. The Kier molecular flexibility index (Phi) is 6.72. The van der Waals surface area contributed by atoms with Crippen LogP contribution in [0, 0.1) is 0 Å². The number of nitrogen functional groups attached to an aromatic ring is 1. The zero-order chi connectivity index (χ0) is 22.3. The van der Waals surface area contributed by atoms with Gasteiger partial charge in [0, 0.05) is 15.7 Å². The minimum absolute atomic E-state index is 0.217. The Morgan fingerprint density at radius 1 is 0.844 bits per heavy atom. The van der Waals surface area contributed by atoms with Gasteiger partial charge in [-0.25, -0.2) is 0 Å². The van der Waals surface area contributed by atoms with E-state index in [9.17, 15) is 4.79 Å². The van der Waals surface area contributed by atoms with Crippen LogP contribution in [0.4, 0.5) is 11.4 Å². The molecule has 0 bridgehead atoms. The summed E-state index contributed by atoms with van der Waals surface area (Å²) in [5, 5.41) is 2.84. The minimum Gasteiger partial charge on any atom is -0.489 e. The highest BCUT2D eigenvalue weighted by molar-refractivity contribution is 9.10. The Morgan fingerprint density at radius 3 is 2.31 bits per heavy atom. The summed E-state index contributed by atoms with van der Waals surface area (Å²) >= 11 is 3.37. The van der Waals surface area contributed by atoms with Crippen molar-refractivity contribution in [2.75, 3.05) is 11.1 Å². The van der Waals surface area contributed by atoms with Crippen molar-refractivity contribution in [1.29, 1.82) is 0 Å². The molecule has 0 aliphatic carbocycles. The van der Waals surface area contributed by atoms with Crippen LogP contribution in [0.2, 0.25) is 0 Å². The first-order chi connectivity index (χ1) is 15.6. The number of halogens is 1. The minimum atomic E-state index is -0.217. The van der Waals surface area contributed by atoms with Gasteiger partial charge in [-0.15, -0.1) is 0 Å². The first kappa shape index (κ1) is 21.5. The fourth-order valence-electron chi connectivity index (χ4n) is 3.02. The largest absolute Gasteiger partial charge is 0.489 e. The van der Waals surface area contributed by atoms with Crippen molar-refractivity contribution in [2.24, 2.45) is 0 Å². The van der Waals surface area contributed by atoms with Gasteiger partial charge in [0.05, 0.1) is 5.69 Å². The molecular weight excluding hydrogens is 468 g/mol. The number of amides is 1. The maximum atomic E-state index is 12.4. The Hall–Kier alpha value is -3.77. The lowest BCUT2D eigenvalue weighted by Gasteiger charge is -2.12. The predicted octanol–water partition coefficient (Wildman–Crippen LogP) is 6.65. The molecule has 160 valence electrons. The third-order valence-electron chi connectivity index (χ3n) is 4.65. The summed E-state index contributed by atoms with van der Waals surface area (Å²) in [6.07, 6.45) is 0. The molecule has 6 heteroatoms. The van der Waals surface area contributed by atoms with Crippen LogP contribution < -0.4 is 20.5 Å². The van der Waals surface area contributed by atoms with E-state index in [4.69, 9.17) is 15.2 Å². The standard InChI is InChI=1S/C26H21BrN2O3/c27-20-8-4-7-19(15-20)26(30)29-21-9-14-25(24(28)16-21)32-23-12-10-22(11-13-23)31-17-18-5-2-1-3-6-18/h1-16H,17,28H2,(H,29,30). The molecule has 4 rings (SSSR count). The van der Waals surface area contributed by atoms with Crippen molar-refractivity contribution in [2.45, 2.75) is 6.61 Å². The topological polar surface area (TPSA) is 73.6 Å². The Morgan fingerprint density at radius 2 is 1.59 bits per heavy atom. The van der Waals surface area contributed by atoms with Crippen LogP contribution in [0.15, 0.2) is 102 Å². The predicted molar refractivity (Wildman–Crippen MR) is 130 cm³/mol. The highest BCUT2D eigenvalue weighted by Crippen LogP contribution is 2.31. The molecule has 32 heavy (non-hydrogen) atoms. The van der Waals surface area contributed by atoms with E-state index in [0.29, 0.717) is 35.0 Å². The lowest BCUT2D eigenvalue weighted by molar-refractivity contribution is 0.102. The van der Waals surface area contributed by atoms with Crippen molar-refractivity contribution in [3.05, 3.63) is 113 Å². The number of carbonyl (C=O) groups is 1. The van der Waals surface area contributed by atoms with Crippen molar-refractivity contribution in [3.63, 3.8) is 0 Å². The first-order valence-corrected chi connectivity index (χ1v) is 10.8. The van der Waals surface area contributed by atoms with Gasteiger partial charge in [0.2, 0.25) is 0 Å². The zero-order valence-electron chi connectivity index (χ0n) is 17.1. The molecule has 5 nitrogen and oxygen atoms in total. The lowest BCUT2D eigenvalue weighted by atomic mass is 10.2. The highest BCUT2D eigenvalue weighted by atomic mass is 79.9. The summed E-state index contributed by atoms with van der Waals surface area (Å²) in [5.74, 6) is 1.67. The fraction of sp³-hybridized carbons (Fsp3) is 0.0385. The molecule has 0 aliphatic heterocycles. The van der Waals surface area contributed by atoms with E-state index in [1.54, 1.807) is 30.3 Å². The van der Waals surface area contributed by atoms with E-state index in [0.717, 1.165) is 15.8 Å². The molecule has 3 N–H and O–H groups in total. The fourth-order valence-corrected chi connectivity index (χ4v) is 3.42. The van der Waals surface area contributed by atoms with Crippen molar-refractivity contribution >= 4 is 33.2 Å². The molecule has 1 amide bonds. The smallest absolute Gasteiger partial charge is 0.255 e. The van der Waals surface area contributed by atoms with E-state index in [-0.39, 0.29) is 5.91 Å². The highest BCUT2D eigenvalue weighted by Gasteiger charge is 2.09. The van der Waals surface area contributed by atoms with Crippen LogP contribution >= 0.6 is 15.9 Å². The van der Waals surface area contributed by atoms with E-state index in [2.05, 4.69) is 21.2 Å². The van der Waals surface area contributed by atoms with Gasteiger partial charge in [0.15, 0.2) is 0 Å². The number of ether oxygens (including phenoxy) is 2.